The SMILES string of the molecule is CC1(OC(=O)Oc2ccccc2)CCC1. The maximum absolute atomic E-state index is 11.4. The van der Waals surface area contributed by atoms with Crippen LogP contribution in [0.5, 0.6) is 5.75 Å². The van der Waals surface area contributed by atoms with E-state index in [4.69, 9.17) is 9.47 Å². The van der Waals surface area contributed by atoms with E-state index in [9.17, 15) is 4.79 Å². The zero-order valence-corrected chi connectivity index (χ0v) is 8.73. The summed E-state index contributed by atoms with van der Waals surface area (Å²) in [7, 11) is 0. The Bertz CT molecular complexity index is 341. The van der Waals surface area contributed by atoms with Crippen LogP contribution in [0.25, 0.3) is 0 Å². The van der Waals surface area contributed by atoms with Gasteiger partial charge in [0.25, 0.3) is 0 Å². The molecule has 0 bridgehead atoms. The first-order valence-corrected chi connectivity index (χ1v) is 5.14. The highest BCUT2D eigenvalue weighted by molar-refractivity contribution is 5.64. The van der Waals surface area contributed by atoms with Gasteiger partial charge in [-0.15, -0.1) is 0 Å². The monoisotopic (exact) mass is 206 g/mol. The van der Waals surface area contributed by atoms with Gasteiger partial charge in [-0.25, -0.2) is 4.79 Å². The maximum Gasteiger partial charge on any atom is 0.514 e. The zero-order valence-electron chi connectivity index (χ0n) is 8.73. The van der Waals surface area contributed by atoms with Gasteiger partial charge in [-0.05, 0) is 38.3 Å². The van der Waals surface area contributed by atoms with Crippen molar-refractivity contribution in [3.05, 3.63) is 30.3 Å². The van der Waals surface area contributed by atoms with E-state index in [0.29, 0.717) is 5.75 Å². The summed E-state index contributed by atoms with van der Waals surface area (Å²) in [5.41, 5.74) is -0.300. The second-order valence-electron chi connectivity index (χ2n) is 4.07. The molecule has 0 aliphatic heterocycles. The Morgan fingerprint density at radius 2 is 1.93 bits per heavy atom. The minimum atomic E-state index is -0.608. The average Bonchev–Trinajstić information content (AvgIpc) is 2.16. The number of para-hydroxylation sites is 1. The second-order valence-corrected chi connectivity index (χ2v) is 4.07. The van der Waals surface area contributed by atoms with Crippen LogP contribution < -0.4 is 4.74 Å². The summed E-state index contributed by atoms with van der Waals surface area (Å²) < 4.78 is 10.2. The van der Waals surface area contributed by atoms with Crippen LogP contribution in [0.2, 0.25) is 0 Å². The minimum Gasteiger partial charge on any atom is -0.428 e. The molecule has 3 nitrogen and oxygen atoms in total. The molecule has 15 heavy (non-hydrogen) atoms. The fourth-order valence-corrected chi connectivity index (χ4v) is 1.58. The van der Waals surface area contributed by atoms with E-state index in [1.807, 2.05) is 25.1 Å². The molecule has 0 atom stereocenters. The first-order valence-electron chi connectivity index (χ1n) is 5.14. The lowest BCUT2D eigenvalue weighted by Crippen LogP contribution is -2.39. The average molecular weight is 206 g/mol. The molecule has 0 N–H and O–H groups in total. The van der Waals surface area contributed by atoms with Crippen LogP contribution in [0.1, 0.15) is 26.2 Å². The van der Waals surface area contributed by atoms with Gasteiger partial charge in [0.1, 0.15) is 11.4 Å². The van der Waals surface area contributed by atoms with Crippen LogP contribution in [0, 0.1) is 0 Å². The molecule has 1 saturated carbocycles. The first kappa shape index (κ1) is 10.0. The standard InChI is InChI=1S/C12H14O3/c1-12(8-5-9-12)15-11(13)14-10-6-3-2-4-7-10/h2-4,6-7H,5,8-9H2,1H3. The number of carbonyl (C=O) groups excluding carboxylic acids is 1. The fraction of sp³-hybridized carbons (Fsp3) is 0.417. The molecule has 1 aromatic carbocycles. The topological polar surface area (TPSA) is 35.5 Å². The Morgan fingerprint density at radius 3 is 2.47 bits per heavy atom. The molecule has 1 aromatic rings. The molecular formula is C12H14O3. The van der Waals surface area contributed by atoms with E-state index in [1.165, 1.54) is 0 Å². The molecule has 0 heterocycles. The van der Waals surface area contributed by atoms with Crippen LogP contribution in [0.4, 0.5) is 4.79 Å². The van der Waals surface area contributed by atoms with Crippen molar-refractivity contribution in [1.29, 1.82) is 0 Å². The highest BCUT2D eigenvalue weighted by Gasteiger charge is 2.36. The van der Waals surface area contributed by atoms with Crippen molar-refractivity contribution in [3.63, 3.8) is 0 Å². The van der Waals surface area contributed by atoms with Gasteiger partial charge in [-0.3, -0.25) is 0 Å². The molecule has 0 saturated heterocycles. The molecule has 0 spiro atoms. The van der Waals surface area contributed by atoms with E-state index in [2.05, 4.69) is 0 Å². The Morgan fingerprint density at radius 1 is 1.27 bits per heavy atom. The molecule has 1 fully saturated rings. The van der Waals surface area contributed by atoms with Gasteiger partial charge in [0.05, 0.1) is 0 Å². The minimum absolute atomic E-state index is 0.300. The second kappa shape index (κ2) is 3.93. The van der Waals surface area contributed by atoms with Crippen molar-refractivity contribution < 1.29 is 14.3 Å². The first-order chi connectivity index (χ1) is 7.18. The predicted octanol–water partition coefficient (Wildman–Crippen LogP) is 3.14. The number of ether oxygens (including phenoxy) is 2. The smallest absolute Gasteiger partial charge is 0.428 e. The third kappa shape index (κ3) is 2.49. The quantitative estimate of drug-likeness (QED) is 0.550. The lowest BCUT2D eigenvalue weighted by Gasteiger charge is -2.36. The highest BCUT2D eigenvalue weighted by Crippen LogP contribution is 2.35. The van der Waals surface area contributed by atoms with Crippen LogP contribution >= 0.6 is 0 Å². The summed E-state index contributed by atoms with van der Waals surface area (Å²) in [5, 5.41) is 0. The molecule has 0 aromatic heterocycles. The Labute approximate surface area is 89.0 Å². The fourth-order valence-electron chi connectivity index (χ4n) is 1.58. The summed E-state index contributed by atoms with van der Waals surface area (Å²) in [6.07, 6.45) is 2.37. The normalized spacial score (nSPS) is 17.7. The van der Waals surface area contributed by atoms with E-state index in [0.717, 1.165) is 19.3 Å². The van der Waals surface area contributed by atoms with E-state index in [1.54, 1.807) is 12.1 Å². The molecular weight excluding hydrogens is 192 g/mol. The third-order valence-corrected chi connectivity index (χ3v) is 2.69. The molecule has 0 unspecified atom stereocenters. The molecule has 0 radical (unpaired) electrons. The van der Waals surface area contributed by atoms with Crippen molar-refractivity contribution in [2.45, 2.75) is 31.8 Å². The van der Waals surface area contributed by atoms with Gasteiger partial charge in [-0.1, -0.05) is 18.2 Å². The zero-order chi connectivity index (χ0) is 10.7. The van der Waals surface area contributed by atoms with Crippen LogP contribution in [-0.4, -0.2) is 11.8 Å². The van der Waals surface area contributed by atoms with Gasteiger partial charge in [0.2, 0.25) is 0 Å². The summed E-state index contributed by atoms with van der Waals surface area (Å²) in [5.74, 6) is 0.519. The van der Waals surface area contributed by atoms with Crippen molar-refractivity contribution in [3.8, 4) is 5.75 Å². The largest absolute Gasteiger partial charge is 0.514 e. The number of rotatable bonds is 2. The van der Waals surface area contributed by atoms with Crippen molar-refractivity contribution >= 4 is 6.16 Å². The van der Waals surface area contributed by atoms with E-state index in [-0.39, 0.29) is 5.60 Å². The number of hydrogen-bond donors (Lipinski definition) is 0. The molecule has 80 valence electrons. The molecule has 2 rings (SSSR count). The van der Waals surface area contributed by atoms with E-state index < -0.39 is 6.16 Å². The van der Waals surface area contributed by atoms with Gasteiger partial charge < -0.3 is 9.47 Å². The summed E-state index contributed by atoms with van der Waals surface area (Å²) >= 11 is 0. The van der Waals surface area contributed by atoms with Crippen LogP contribution in [-0.2, 0) is 4.74 Å². The van der Waals surface area contributed by atoms with Crippen molar-refractivity contribution in [2.75, 3.05) is 0 Å². The van der Waals surface area contributed by atoms with Crippen molar-refractivity contribution in [1.82, 2.24) is 0 Å². The van der Waals surface area contributed by atoms with E-state index >= 15 is 0 Å². The Balaban J connectivity index is 1.87. The Hall–Kier alpha value is -1.51. The maximum atomic E-state index is 11.4. The third-order valence-electron chi connectivity index (χ3n) is 2.69. The molecule has 1 aliphatic rings. The summed E-state index contributed by atoms with van der Waals surface area (Å²) in [6, 6.07) is 8.95. The highest BCUT2D eigenvalue weighted by atomic mass is 16.7. The van der Waals surface area contributed by atoms with Crippen molar-refractivity contribution in [2.24, 2.45) is 0 Å². The van der Waals surface area contributed by atoms with Gasteiger partial charge in [0, 0.05) is 0 Å². The lowest BCUT2D eigenvalue weighted by molar-refractivity contribution is -0.0513. The molecule has 3 heteroatoms. The number of hydrogen-bond acceptors (Lipinski definition) is 3. The van der Waals surface area contributed by atoms with Gasteiger partial charge >= 0.3 is 6.16 Å². The lowest BCUT2D eigenvalue weighted by atomic mass is 9.82. The summed E-state index contributed by atoms with van der Waals surface area (Å²) in [6.45, 7) is 1.93. The Kier molecular flexibility index (Phi) is 2.62. The molecule has 0 amide bonds. The van der Waals surface area contributed by atoms with Crippen LogP contribution in [0.15, 0.2) is 30.3 Å². The molecule has 1 aliphatic carbocycles. The number of carbonyl (C=O) groups is 1. The van der Waals surface area contributed by atoms with Crippen LogP contribution in [0.3, 0.4) is 0 Å². The summed E-state index contributed by atoms with van der Waals surface area (Å²) in [4.78, 5) is 11.4. The predicted molar refractivity (Wildman–Crippen MR) is 55.8 cm³/mol. The number of benzene rings is 1. The van der Waals surface area contributed by atoms with Gasteiger partial charge in [0.15, 0.2) is 0 Å². The van der Waals surface area contributed by atoms with Gasteiger partial charge in [-0.2, -0.15) is 0 Å².